The second-order valence-electron chi connectivity index (χ2n) is 4.11. The Kier molecular flexibility index (Phi) is 3.38. The predicted octanol–water partition coefficient (Wildman–Crippen LogP) is 4.96. The maximum atomic E-state index is 12.0. The Morgan fingerprint density at radius 1 is 1.00 bits per heavy atom. The molecule has 0 saturated carbocycles. The molecule has 3 rings (SSSR count). The summed E-state index contributed by atoms with van der Waals surface area (Å²) in [4.78, 5) is 12.0. The molecular weight excluding hydrogens is 299 g/mol. The second kappa shape index (κ2) is 5.19. The van der Waals surface area contributed by atoms with Crippen LogP contribution >= 0.6 is 23.2 Å². The van der Waals surface area contributed by atoms with Gasteiger partial charge in [0.05, 0.1) is 10.0 Å². The molecule has 0 aliphatic rings. The Bertz CT molecular complexity index is 760. The lowest BCUT2D eigenvalue weighted by Gasteiger charge is -2.03. The maximum absolute atomic E-state index is 12.0. The molecule has 0 spiro atoms. The van der Waals surface area contributed by atoms with Crippen molar-refractivity contribution in [3.63, 3.8) is 0 Å². The van der Waals surface area contributed by atoms with Gasteiger partial charge in [0.2, 0.25) is 5.76 Å². The molecule has 0 fully saturated rings. The van der Waals surface area contributed by atoms with Gasteiger partial charge in [-0.3, -0.25) is 0 Å². The average molecular weight is 307 g/mol. The van der Waals surface area contributed by atoms with E-state index < -0.39 is 5.97 Å². The molecule has 5 heteroatoms. The average Bonchev–Trinajstić information content (AvgIpc) is 2.87. The molecule has 0 aliphatic heterocycles. The highest BCUT2D eigenvalue weighted by molar-refractivity contribution is 6.42. The van der Waals surface area contributed by atoms with Crippen LogP contribution < -0.4 is 4.74 Å². The zero-order chi connectivity index (χ0) is 14.1. The number of carbonyl (C=O) groups is 1. The minimum atomic E-state index is -0.584. The number of benzene rings is 2. The predicted molar refractivity (Wildman–Crippen MR) is 77.6 cm³/mol. The smallest absolute Gasteiger partial charge is 0.379 e. The summed E-state index contributed by atoms with van der Waals surface area (Å²) in [6, 6.07) is 13.6. The first-order valence-electron chi connectivity index (χ1n) is 5.79. The number of halogens is 2. The number of hydrogen-bond donors (Lipinski definition) is 0. The molecule has 2 aromatic carbocycles. The fourth-order valence-corrected chi connectivity index (χ4v) is 2.07. The van der Waals surface area contributed by atoms with Crippen LogP contribution in [0.25, 0.3) is 11.0 Å². The van der Waals surface area contributed by atoms with Crippen LogP contribution in [0.15, 0.2) is 52.9 Å². The summed E-state index contributed by atoms with van der Waals surface area (Å²) in [5.74, 6) is -0.137. The molecule has 1 heterocycles. The summed E-state index contributed by atoms with van der Waals surface area (Å²) in [5, 5.41) is 1.56. The Morgan fingerprint density at radius 2 is 1.80 bits per heavy atom. The van der Waals surface area contributed by atoms with Crippen LogP contribution in [0.5, 0.6) is 5.75 Å². The van der Waals surface area contributed by atoms with Gasteiger partial charge in [-0.15, -0.1) is 0 Å². The fourth-order valence-electron chi connectivity index (χ4n) is 1.78. The van der Waals surface area contributed by atoms with Crippen LogP contribution in [0.3, 0.4) is 0 Å². The topological polar surface area (TPSA) is 39.4 Å². The van der Waals surface area contributed by atoms with Crippen molar-refractivity contribution in [2.45, 2.75) is 0 Å². The number of furan rings is 1. The van der Waals surface area contributed by atoms with Gasteiger partial charge in [0, 0.05) is 11.5 Å². The third-order valence-electron chi connectivity index (χ3n) is 2.73. The molecule has 100 valence electrons. The van der Waals surface area contributed by atoms with Gasteiger partial charge in [-0.1, -0.05) is 41.4 Å². The van der Waals surface area contributed by atoms with Crippen LogP contribution in [-0.4, -0.2) is 5.97 Å². The lowest BCUT2D eigenvalue weighted by atomic mass is 10.2. The van der Waals surface area contributed by atoms with Gasteiger partial charge in [0.25, 0.3) is 0 Å². The normalized spacial score (nSPS) is 10.7. The van der Waals surface area contributed by atoms with Crippen LogP contribution in [0, 0.1) is 0 Å². The van der Waals surface area contributed by atoms with E-state index in [0.29, 0.717) is 21.4 Å². The van der Waals surface area contributed by atoms with Crippen LogP contribution in [-0.2, 0) is 0 Å². The SMILES string of the molecule is O=C(Oc1ccc(Cl)c(Cl)c1)c1cc2ccccc2o1. The molecule has 0 bridgehead atoms. The van der Waals surface area contributed by atoms with Crippen molar-refractivity contribution in [1.82, 2.24) is 0 Å². The van der Waals surface area contributed by atoms with Gasteiger partial charge in [-0.25, -0.2) is 4.79 Å². The van der Waals surface area contributed by atoms with Gasteiger partial charge < -0.3 is 9.15 Å². The van der Waals surface area contributed by atoms with Crippen molar-refractivity contribution in [2.75, 3.05) is 0 Å². The van der Waals surface area contributed by atoms with Crippen molar-refractivity contribution in [3.8, 4) is 5.75 Å². The molecule has 3 aromatic rings. The van der Waals surface area contributed by atoms with Gasteiger partial charge in [0.1, 0.15) is 11.3 Å². The Labute approximate surface area is 124 Å². The van der Waals surface area contributed by atoms with Crippen molar-refractivity contribution >= 4 is 40.1 Å². The molecule has 1 aromatic heterocycles. The zero-order valence-electron chi connectivity index (χ0n) is 10.1. The monoisotopic (exact) mass is 306 g/mol. The van der Waals surface area contributed by atoms with Gasteiger partial charge >= 0.3 is 5.97 Å². The largest absolute Gasteiger partial charge is 0.449 e. The third kappa shape index (κ3) is 2.50. The molecule has 0 atom stereocenters. The Hall–Kier alpha value is -1.97. The van der Waals surface area contributed by atoms with Crippen LogP contribution in [0.1, 0.15) is 10.6 Å². The molecule has 0 saturated heterocycles. The number of ether oxygens (including phenoxy) is 1. The quantitative estimate of drug-likeness (QED) is 0.496. The van der Waals surface area contributed by atoms with E-state index in [9.17, 15) is 4.79 Å². The first-order valence-corrected chi connectivity index (χ1v) is 6.55. The molecule has 0 aliphatic carbocycles. The lowest BCUT2D eigenvalue weighted by molar-refractivity contribution is 0.0704. The van der Waals surface area contributed by atoms with Crippen molar-refractivity contribution in [3.05, 3.63) is 64.3 Å². The number of fused-ring (bicyclic) bond motifs is 1. The van der Waals surface area contributed by atoms with E-state index in [1.165, 1.54) is 6.07 Å². The highest BCUT2D eigenvalue weighted by atomic mass is 35.5. The van der Waals surface area contributed by atoms with E-state index in [1.54, 1.807) is 24.3 Å². The van der Waals surface area contributed by atoms with E-state index in [1.807, 2.05) is 18.2 Å². The molecule has 20 heavy (non-hydrogen) atoms. The first-order chi connectivity index (χ1) is 9.63. The number of para-hydroxylation sites is 1. The number of carbonyl (C=O) groups excluding carboxylic acids is 1. The third-order valence-corrected chi connectivity index (χ3v) is 3.47. The van der Waals surface area contributed by atoms with E-state index >= 15 is 0 Å². The number of rotatable bonds is 2. The molecule has 0 N–H and O–H groups in total. The van der Waals surface area contributed by atoms with E-state index in [-0.39, 0.29) is 5.76 Å². The molecule has 3 nitrogen and oxygen atoms in total. The molecule has 0 unspecified atom stereocenters. The minimum Gasteiger partial charge on any atom is -0.449 e. The van der Waals surface area contributed by atoms with Gasteiger partial charge in [0.15, 0.2) is 0 Å². The number of hydrogen-bond acceptors (Lipinski definition) is 3. The van der Waals surface area contributed by atoms with Crippen LogP contribution in [0.4, 0.5) is 0 Å². The first kappa shape index (κ1) is 13.0. The van der Waals surface area contributed by atoms with Gasteiger partial charge in [-0.05, 0) is 24.3 Å². The highest BCUT2D eigenvalue weighted by Crippen LogP contribution is 2.27. The van der Waals surface area contributed by atoms with E-state index in [2.05, 4.69) is 0 Å². The lowest BCUT2D eigenvalue weighted by Crippen LogP contribution is -2.06. The van der Waals surface area contributed by atoms with Crippen molar-refractivity contribution in [2.24, 2.45) is 0 Å². The Morgan fingerprint density at radius 3 is 2.55 bits per heavy atom. The standard InChI is InChI=1S/C15H8Cl2O3/c16-11-6-5-10(8-12(11)17)19-15(18)14-7-9-3-1-2-4-13(9)20-14/h1-8H. The minimum absolute atomic E-state index is 0.136. The van der Waals surface area contributed by atoms with E-state index in [4.69, 9.17) is 32.4 Å². The molecule has 0 radical (unpaired) electrons. The zero-order valence-corrected chi connectivity index (χ0v) is 11.6. The van der Waals surface area contributed by atoms with Crippen molar-refractivity contribution in [1.29, 1.82) is 0 Å². The fraction of sp³-hybridized carbons (Fsp3) is 0. The summed E-state index contributed by atoms with van der Waals surface area (Å²) in [6.07, 6.45) is 0. The maximum Gasteiger partial charge on any atom is 0.379 e. The van der Waals surface area contributed by atoms with Crippen molar-refractivity contribution < 1.29 is 13.9 Å². The summed E-state index contributed by atoms with van der Waals surface area (Å²) >= 11 is 11.7. The second-order valence-corrected chi connectivity index (χ2v) is 4.93. The number of esters is 1. The van der Waals surface area contributed by atoms with E-state index in [0.717, 1.165) is 5.39 Å². The Balaban J connectivity index is 1.86. The van der Waals surface area contributed by atoms with Gasteiger partial charge in [-0.2, -0.15) is 0 Å². The summed E-state index contributed by atoms with van der Waals surface area (Å²) in [6.45, 7) is 0. The summed E-state index contributed by atoms with van der Waals surface area (Å²) < 4.78 is 10.6. The highest BCUT2D eigenvalue weighted by Gasteiger charge is 2.15. The summed E-state index contributed by atoms with van der Waals surface area (Å²) in [7, 11) is 0. The molecule has 0 amide bonds. The van der Waals surface area contributed by atoms with Crippen LogP contribution in [0.2, 0.25) is 10.0 Å². The molecular formula is C15H8Cl2O3. The summed E-state index contributed by atoms with van der Waals surface area (Å²) in [5.41, 5.74) is 0.633.